The van der Waals surface area contributed by atoms with E-state index >= 15 is 0 Å². The Bertz CT molecular complexity index is 749. The van der Waals surface area contributed by atoms with Gasteiger partial charge >= 0.3 is 0 Å². The average Bonchev–Trinajstić information content (AvgIpc) is 3.03. The van der Waals surface area contributed by atoms with E-state index in [1.165, 1.54) is 4.68 Å². The third-order valence-electron chi connectivity index (χ3n) is 3.41. The van der Waals surface area contributed by atoms with Crippen molar-refractivity contribution in [1.29, 1.82) is 0 Å². The van der Waals surface area contributed by atoms with Crippen LogP contribution >= 0.6 is 0 Å². The molecule has 2 amide bonds. The summed E-state index contributed by atoms with van der Waals surface area (Å²) >= 11 is 0. The summed E-state index contributed by atoms with van der Waals surface area (Å²) in [6.45, 7) is 6.38. The Morgan fingerprint density at radius 1 is 1.28 bits per heavy atom. The molecule has 0 aliphatic heterocycles. The summed E-state index contributed by atoms with van der Waals surface area (Å²) in [5, 5.41) is 13.3. The predicted molar refractivity (Wildman–Crippen MR) is 93.4 cm³/mol. The van der Waals surface area contributed by atoms with E-state index in [9.17, 15) is 9.59 Å². The maximum absolute atomic E-state index is 12.2. The quantitative estimate of drug-likeness (QED) is 0.830. The van der Waals surface area contributed by atoms with Crippen LogP contribution in [-0.4, -0.2) is 40.5 Å². The molecule has 0 aliphatic carbocycles. The van der Waals surface area contributed by atoms with Crippen molar-refractivity contribution in [3.05, 3.63) is 36.2 Å². The van der Waals surface area contributed by atoms with Crippen LogP contribution in [0.15, 0.2) is 30.5 Å². The van der Waals surface area contributed by atoms with Gasteiger partial charge in [-0.25, -0.2) is 4.68 Å². The summed E-state index contributed by atoms with van der Waals surface area (Å²) < 4.78 is 6.63. The van der Waals surface area contributed by atoms with Gasteiger partial charge in [0.15, 0.2) is 5.69 Å². The zero-order valence-electron chi connectivity index (χ0n) is 14.9. The van der Waals surface area contributed by atoms with Crippen LogP contribution in [0.25, 0.3) is 0 Å². The summed E-state index contributed by atoms with van der Waals surface area (Å²) in [5.74, 6) is 0.248. The van der Waals surface area contributed by atoms with Crippen molar-refractivity contribution in [3.8, 4) is 5.75 Å². The van der Waals surface area contributed by atoms with Crippen molar-refractivity contribution in [1.82, 2.24) is 20.3 Å². The van der Waals surface area contributed by atoms with E-state index < -0.39 is 5.41 Å². The van der Waals surface area contributed by atoms with E-state index in [0.717, 1.165) is 0 Å². The summed E-state index contributed by atoms with van der Waals surface area (Å²) in [4.78, 5) is 24.0. The lowest BCUT2D eigenvalue weighted by molar-refractivity contribution is -0.128. The second-order valence-corrected chi connectivity index (χ2v) is 6.56. The monoisotopic (exact) mass is 345 g/mol. The standard InChI is InChI=1S/C17H23N5O3/c1-17(2,3)16(24)18-8-9-22-11-14(20-21-22)15(23)19-12-6-5-7-13(10-12)25-4/h5-7,10-11H,8-9H2,1-4H3,(H,18,24)(H,19,23). The summed E-state index contributed by atoms with van der Waals surface area (Å²) in [7, 11) is 1.56. The van der Waals surface area contributed by atoms with Crippen molar-refractivity contribution in [3.63, 3.8) is 0 Å². The molecule has 0 saturated carbocycles. The van der Waals surface area contributed by atoms with Crippen LogP contribution in [0.1, 0.15) is 31.3 Å². The summed E-state index contributed by atoms with van der Waals surface area (Å²) in [6.07, 6.45) is 1.54. The average molecular weight is 345 g/mol. The maximum atomic E-state index is 12.2. The number of nitrogens with zero attached hydrogens (tertiary/aromatic N) is 3. The molecule has 1 aromatic heterocycles. The predicted octanol–water partition coefficient (Wildman–Crippen LogP) is 1.70. The van der Waals surface area contributed by atoms with Crippen LogP contribution < -0.4 is 15.4 Å². The fourth-order valence-corrected chi connectivity index (χ4v) is 1.96. The number of amides is 2. The van der Waals surface area contributed by atoms with Gasteiger partial charge in [0, 0.05) is 23.7 Å². The van der Waals surface area contributed by atoms with Crippen LogP contribution in [0.3, 0.4) is 0 Å². The van der Waals surface area contributed by atoms with E-state index in [1.54, 1.807) is 37.6 Å². The second kappa shape index (κ2) is 7.78. The number of rotatable bonds is 6. The fourth-order valence-electron chi connectivity index (χ4n) is 1.96. The van der Waals surface area contributed by atoms with Crippen LogP contribution in [-0.2, 0) is 11.3 Å². The topological polar surface area (TPSA) is 98.1 Å². The Kier molecular flexibility index (Phi) is 5.74. The number of benzene rings is 1. The minimum absolute atomic E-state index is 0.0383. The molecule has 1 aromatic carbocycles. The van der Waals surface area contributed by atoms with Crippen LogP contribution in [0, 0.1) is 5.41 Å². The molecule has 0 unspecified atom stereocenters. The number of carbonyl (C=O) groups excluding carboxylic acids is 2. The molecule has 2 N–H and O–H groups in total. The Labute approximate surface area is 146 Å². The highest BCUT2D eigenvalue weighted by Crippen LogP contribution is 2.17. The van der Waals surface area contributed by atoms with Gasteiger partial charge in [-0.15, -0.1) is 5.10 Å². The van der Waals surface area contributed by atoms with Crippen molar-refractivity contribution in [2.24, 2.45) is 5.41 Å². The summed E-state index contributed by atoms with van der Waals surface area (Å²) in [5.41, 5.74) is 0.366. The number of carbonyl (C=O) groups is 2. The molecule has 0 radical (unpaired) electrons. The number of hydrogen-bond donors (Lipinski definition) is 2. The first-order chi connectivity index (χ1) is 11.8. The number of hydrogen-bond acceptors (Lipinski definition) is 5. The Balaban J connectivity index is 1.89. The Morgan fingerprint density at radius 3 is 2.72 bits per heavy atom. The molecular formula is C17H23N5O3. The highest BCUT2D eigenvalue weighted by Gasteiger charge is 2.20. The lowest BCUT2D eigenvalue weighted by Crippen LogP contribution is -2.36. The van der Waals surface area contributed by atoms with Gasteiger partial charge in [0.05, 0.1) is 19.9 Å². The first-order valence-electron chi connectivity index (χ1n) is 7.93. The molecule has 134 valence electrons. The summed E-state index contributed by atoms with van der Waals surface area (Å²) in [6, 6.07) is 7.04. The molecule has 0 spiro atoms. The van der Waals surface area contributed by atoms with E-state index in [-0.39, 0.29) is 17.5 Å². The number of methoxy groups -OCH3 is 1. The lowest BCUT2D eigenvalue weighted by Gasteiger charge is -2.17. The number of anilines is 1. The molecular weight excluding hydrogens is 322 g/mol. The van der Waals surface area contributed by atoms with Gasteiger partial charge in [0.2, 0.25) is 5.91 Å². The van der Waals surface area contributed by atoms with Crippen LogP contribution in [0.4, 0.5) is 5.69 Å². The SMILES string of the molecule is COc1cccc(NC(=O)c2cn(CCNC(=O)C(C)(C)C)nn2)c1. The zero-order chi connectivity index (χ0) is 18.4. The normalized spacial score (nSPS) is 11.0. The van der Waals surface area contributed by atoms with Gasteiger partial charge in [0.1, 0.15) is 5.75 Å². The van der Waals surface area contributed by atoms with Gasteiger partial charge in [-0.05, 0) is 12.1 Å². The molecule has 2 rings (SSSR count). The van der Waals surface area contributed by atoms with Gasteiger partial charge in [0.25, 0.3) is 5.91 Å². The van der Waals surface area contributed by atoms with Gasteiger partial charge < -0.3 is 15.4 Å². The molecule has 8 nitrogen and oxygen atoms in total. The highest BCUT2D eigenvalue weighted by atomic mass is 16.5. The van der Waals surface area contributed by atoms with Crippen molar-refractivity contribution >= 4 is 17.5 Å². The highest BCUT2D eigenvalue weighted by molar-refractivity contribution is 6.02. The van der Waals surface area contributed by atoms with Crippen LogP contribution in [0.5, 0.6) is 5.75 Å². The smallest absolute Gasteiger partial charge is 0.277 e. The maximum Gasteiger partial charge on any atom is 0.277 e. The number of nitrogens with one attached hydrogen (secondary N) is 2. The molecule has 8 heteroatoms. The zero-order valence-corrected chi connectivity index (χ0v) is 14.9. The molecule has 2 aromatic rings. The molecule has 0 aliphatic rings. The van der Waals surface area contributed by atoms with Crippen molar-refractivity contribution < 1.29 is 14.3 Å². The van der Waals surface area contributed by atoms with Crippen LogP contribution in [0.2, 0.25) is 0 Å². The van der Waals surface area contributed by atoms with E-state index in [1.807, 2.05) is 20.8 Å². The molecule has 1 heterocycles. The lowest BCUT2D eigenvalue weighted by atomic mass is 9.96. The molecule has 0 bridgehead atoms. The molecule has 0 atom stereocenters. The molecule has 0 fully saturated rings. The van der Waals surface area contributed by atoms with Gasteiger partial charge in [-0.2, -0.15) is 0 Å². The minimum Gasteiger partial charge on any atom is -0.497 e. The molecule has 25 heavy (non-hydrogen) atoms. The third-order valence-corrected chi connectivity index (χ3v) is 3.41. The minimum atomic E-state index is -0.440. The van der Waals surface area contributed by atoms with Gasteiger partial charge in [-0.1, -0.05) is 32.1 Å². The first-order valence-corrected chi connectivity index (χ1v) is 7.93. The van der Waals surface area contributed by atoms with E-state index in [2.05, 4.69) is 20.9 Å². The van der Waals surface area contributed by atoms with Crippen molar-refractivity contribution in [2.75, 3.05) is 19.0 Å². The Hall–Kier alpha value is -2.90. The largest absolute Gasteiger partial charge is 0.497 e. The number of aromatic nitrogens is 3. The van der Waals surface area contributed by atoms with Gasteiger partial charge in [-0.3, -0.25) is 9.59 Å². The first kappa shape index (κ1) is 18.4. The second-order valence-electron chi connectivity index (χ2n) is 6.56. The Morgan fingerprint density at radius 2 is 2.04 bits per heavy atom. The fraction of sp³-hybridized carbons (Fsp3) is 0.412. The number of ether oxygens (including phenoxy) is 1. The van der Waals surface area contributed by atoms with E-state index in [0.29, 0.717) is 24.5 Å². The van der Waals surface area contributed by atoms with E-state index in [4.69, 9.17) is 4.74 Å². The third kappa shape index (κ3) is 5.30. The van der Waals surface area contributed by atoms with Crippen molar-refractivity contribution in [2.45, 2.75) is 27.3 Å². The molecule has 0 saturated heterocycles.